The summed E-state index contributed by atoms with van der Waals surface area (Å²) < 4.78 is 0. The third-order valence-electron chi connectivity index (χ3n) is 7.78. The van der Waals surface area contributed by atoms with E-state index < -0.39 is 0 Å². The SMILES string of the molecule is C.CC(C)CC1CCCC(C)(O)C1.CC1=CC(CC(C)C)CCC1.CC1=CCCC(CC(C)C)C1. The van der Waals surface area contributed by atoms with Crippen LogP contribution in [0.2, 0.25) is 0 Å². The van der Waals surface area contributed by atoms with Crippen molar-refractivity contribution in [1.29, 1.82) is 0 Å². The molecule has 3 aliphatic carbocycles. The van der Waals surface area contributed by atoms with E-state index in [4.69, 9.17) is 0 Å². The van der Waals surface area contributed by atoms with E-state index >= 15 is 0 Å². The van der Waals surface area contributed by atoms with Crippen LogP contribution in [0.15, 0.2) is 23.3 Å². The molecule has 0 amide bonds. The van der Waals surface area contributed by atoms with E-state index in [1.165, 1.54) is 70.6 Å². The molecule has 0 saturated heterocycles. The van der Waals surface area contributed by atoms with Crippen LogP contribution in [-0.2, 0) is 0 Å². The molecule has 35 heavy (non-hydrogen) atoms. The molecule has 1 nitrogen and oxygen atoms in total. The molecule has 3 rings (SSSR count). The fourth-order valence-corrected chi connectivity index (χ4v) is 6.54. The Hall–Kier alpha value is -0.560. The second kappa shape index (κ2) is 17.8. The summed E-state index contributed by atoms with van der Waals surface area (Å²) in [4.78, 5) is 0. The number of hydrogen-bond acceptors (Lipinski definition) is 1. The van der Waals surface area contributed by atoms with Crippen molar-refractivity contribution in [2.24, 2.45) is 35.5 Å². The van der Waals surface area contributed by atoms with Crippen molar-refractivity contribution < 1.29 is 5.11 Å². The lowest BCUT2D eigenvalue weighted by Gasteiger charge is -2.34. The summed E-state index contributed by atoms with van der Waals surface area (Å²) in [6.07, 6.45) is 21.8. The lowest BCUT2D eigenvalue weighted by molar-refractivity contribution is -0.00260. The molecule has 3 aliphatic rings. The van der Waals surface area contributed by atoms with Crippen molar-refractivity contribution in [3.63, 3.8) is 0 Å². The summed E-state index contributed by atoms with van der Waals surface area (Å²) in [5.74, 6) is 5.18. The summed E-state index contributed by atoms with van der Waals surface area (Å²) in [7, 11) is 0. The van der Waals surface area contributed by atoms with Crippen LogP contribution in [0, 0.1) is 35.5 Å². The van der Waals surface area contributed by atoms with Gasteiger partial charge in [0.05, 0.1) is 5.60 Å². The van der Waals surface area contributed by atoms with E-state index in [0.29, 0.717) is 0 Å². The van der Waals surface area contributed by atoms with Gasteiger partial charge in [-0.25, -0.2) is 0 Å². The van der Waals surface area contributed by atoms with Gasteiger partial charge >= 0.3 is 0 Å². The van der Waals surface area contributed by atoms with Gasteiger partial charge in [-0.15, -0.1) is 0 Å². The highest BCUT2D eigenvalue weighted by Gasteiger charge is 2.29. The van der Waals surface area contributed by atoms with E-state index in [9.17, 15) is 5.11 Å². The molecule has 0 spiro atoms. The highest BCUT2D eigenvalue weighted by molar-refractivity contribution is 5.05. The molecule has 4 atom stereocenters. The quantitative estimate of drug-likeness (QED) is 0.367. The zero-order valence-corrected chi connectivity index (χ0v) is 24.8. The van der Waals surface area contributed by atoms with Gasteiger partial charge in [-0.1, -0.05) is 85.1 Å². The predicted octanol–water partition coefficient (Wildman–Crippen LogP) is 11.2. The molecule has 0 radical (unpaired) electrons. The average molecular weight is 491 g/mol. The van der Waals surface area contributed by atoms with Crippen molar-refractivity contribution in [2.45, 2.75) is 159 Å². The first kappa shape index (κ1) is 34.4. The van der Waals surface area contributed by atoms with Crippen molar-refractivity contribution >= 4 is 0 Å². The lowest BCUT2D eigenvalue weighted by Crippen LogP contribution is -2.32. The first-order chi connectivity index (χ1) is 15.9. The van der Waals surface area contributed by atoms with E-state index in [0.717, 1.165) is 48.3 Å². The fourth-order valence-electron chi connectivity index (χ4n) is 6.54. The highest BCUT2D eigenvalue weighted by Crippen LogP contribution is 2.35. The molecule has 0 aromatic heterocycles. The van der Waals surface area contributed by atoms with Gasteiger partial charge in [0.2, 0.25) is 0 Å². The number of allylic oxidation sites excluding steroid dienone is 4. The molecule has 0 aliphatic heterocycles. The number of hydrogen-bond donors (Lipinski definition) is 1. The van der Waals surface area contributed by atoms with Crippen LogP contribution in [0.1, 0.15) is 153 Å². The van der Waals surface area contributed by atoms with Gasteiger partial charge < -0.3 is 5.11 Å². The van der Waals surface area contributed by atoms with Gasteiger partial charge in [0.15, 0.2) is 0 Å². The van der Waals surface area contributed by atoms with Gasteiger partial charge in [-0.2, -0.15) is 0 Å². The summed E-state index contributed by atoms with van der Waals surface area (Å²) in [5, 5.41) is 9.86. The Morgan fingerprint density at radius 3 is 1.94 bits per heavy atom. The maximum Gasteiger partial charge on any atom is 0.0622 e. The highest BCUT2D eigenvalue weighted by atomic mass is 16.3. The molecular formula is C34H66O. The van der Waals surface area contributed by atoms with Crippen LogP contribution in [0.25, 0.3) is 0 Å². The van der Waals surface area contributed by atoms with Crippen LogP contribution in [-0.4, -0.2) is 10.7 Å². The van der Waals surface area contributed by atoms with E-state index in [2.05, 4.69) is 67.5 Å². The first-order valence-electron chi connectivity index (χ1n) is 14.9. The monoisotopic (exact) mass is 491 g/mol. The van der Waals surface area contributed by atoms with Gasteiger partial charge in [-0.05, 0) is 127 Å². The molecular weight excluding hydrogens is 424 g/mol. The van der Waals surface area contributed by atoms with Gasteiger partial charge in [-0.3, -0.25) is 0 Å². The average Bonchev–Trinajstić information content (AvgIpc) is 2.67. The topological polar surface area (TPSA) is 20.2 Å². The fraction of sp³-hybridized carbons (Fsp3) is 0.882. The third kappa shape index (κ3) is 17.5. The van der Waals surface area contributed by atoms with Crippen LogP contribution < -0.4 is 0 Å². The molecule has 1 heteroatoms. The predicted molar refractivity (Wildman–Crippen MR) is 160 cm³/mol. The van der Waals surface area contributed by atoms with Crippen LogP contribution >= 0.6 is 0 Å². The number of aliphatic hydroxyl groups is 1. The second-order valence-electron chi connectivity index (χ2n) is 13.7. The Bertz CT molecular complexity index is 592. The number of rotatable bonds is 6. The second-order valence-corrected chi connectivity index (χ2v) is 13.7. The van der Waals surface area contributed by atoms with Gasteiger partial charge in [0.25, 0.3) is 0 Å². The molecule has 0 heterocycles. The smallest absolute Gasteiger partial charge is 0.0622 e. The van der Waals surface area contributed by atoms with E-state index in [1.807, 2.05) is 6.92 Å². The third-order valence-corrected chi connectivity index (χ3v) is 7.78. The Labute approximate surface area is 222 Å². The minimum Gasteiger partial charge on any atom is -0.390 e. The molecule has 0 aromatic rings. The molecule has 208 valence electrons. The summed E-state index contributed by atoms with van der Waals surface area (Å²) in [5.41, 5.74) is 2.86. The lowest BCUT2D eigenvalue weighted by atomic mass is 9.76. The summed E-state index contributed by atoms with van der Waals surface area (Å²) in [6, 6.07) is 0. The van der Waals surface area contributed by atoms with Crippen LogP contribution in [0.3, 0.4) is 0 Å². The standard InChI is InChI=1S/C11H22O.2C11H20.CH4/c1-9(2)7-10-5-4-6-11(3,12)8-10;2*1-9(2)7-11-6-4-5-10(3)8-11;/h9-10,12H,4-8H2,1-3H3;8-9,11H,4-7H2,1-3H3;5,9,11H,4,6-8H2,1-3H3;1H4. The van der Waals surface area contributed by atoms with E-state index in [1.54, 1.807) is 11.1 Å². The van der Waals surface area contributed by atoms with Crippen LogP contribution in [0.5, 0.6) is 0 Å². The molecule has 1 fully saturated rings. The maximum atomic E-state index is 9.86. The Kier molecular flexibility index (Phi) is 17.5. The zero-order valence-electron chi connectivity index (χ0n) is 24.8. The first-order valence-corrected chi connectivity index (χ1v) is 14.9. The Balaban J connectivity index is 0.000000489. The Morgan fingerprint density at radius 1 is 0.829 bits per heavy atom. The maximum absolute atomic E-state index is 9.86. The Morgan fingerprint density at radius 2 is 1.43 bits per heavy atom. The van der Waals surface area contributed by atoms with Crippen molar-refractivity contribution in [1.82, 2.24) is 0 Å². The summed E-state index contributed by atoms with van der Waals surface area (Å²) in [6.45, 7) is 20.3. The largest absolute Gasteiger partial charge is 0.390 e. The van der Waals surface area contributed by atoms with Crippen molar-refractivity contribution in [3.05, 3.63) is 23.3 Å². The van der Waals surface area contributed by atoms with Crippen molar-refractivity contribution in [3.8, 4) is 0 Å². The summed E-state index contributed by atoms with van der Waals surface area (Å²) >= 11 is 0. The molecule has 1 saturated carbocycles. The molecule has 1 N–H and O–H groups in total. The molecule has 0 aromatic carbocycles. The molecule has 0 bridgehead atoms. The minimum atomic E-state index is -0.363. The van der Waals surface area contributed by atoms with E-state index in [-0.39, 0.29) is 13.0 Å². The van der Waals surface area contributed by atoms with Crippen molar-refractivity contribution in [2.75, 3.05) is 0 Å². The zero-order chi connectivity index (χ0) is 25.7. The van der Waals surface area contributed by atoms with Crippen LogP contribution in [0.4, 0.5) is 0 Å². The van der Waals surface area contributed by atoms with Gasteiger partial charge in [0, 0.05) is 0 Å². The van der Waals surface area contributed by atoms with Gasteiger partial charge in [0.1, 0.15) is 0 Å². The normalized spacial score (nSPS) is 28.8. The minimum absolute atomic E-state index is 0. The molecule has 4 unspecified atom stereocenters.